The van der Waals surface area contributed by atoms with Gasteiger partial charge in [-0.1, -0.05) is 54.1 Å². The van der Waals surface area contributed by atoms with Crippen LogP contribution in [0.25, 0.3) is 5.76 Å². The number of pyridine rings is 1. The van der Waals surface area contributed by atoms with Gasteiger partial charge >= 0.3 is 0 Å². The van der Waals surface area contributed by atoms with Crippen LogP contribution in [0.1, 0.15) is 34.0 Å². The molecule has 1 N–H and O–H groups in total. The van der Waals surface area contributed by atoms with E-state index in [9.17, 15) is 14.7 Å². The summed E-state index contributed by atoms with van der Waals surface area (Å²) in [5.74, 6) is -1.04. The van der Waals surface area contributed by atoms with Crippen molar-refractivity contribution in [3.8, 4) is 5.75 Å². The minimum absolute atomic E-state index is 0.00151. The van der Waals surface area contributed by atoms with Gasteiger partial charge in [0.05, 0.1) is 11.3 Å². The van der Waals surface area contributed by atoms with E-state index >= 15 is 0 Å². The van der Waals surface area contributed by atoms with Crippen molar-refractivity contribution in [3.05, 3.63) is 131 Å². The van der Waals surface area contributed by atoms with Crippen molar-refractivity contribution >= 4 is 23.1 Å². The molecule has 1 aromatic heterocycles. The molecule has 1 unspecified atom stereocenters. The molecule has 1 atom stereocenters. The van der Waals surface area contributed by atoms with E-state index in [2.05, 4.69) is 4.98 Å². The summed E-state index contributed by atoms with van der Waals surface area (Å²) in [5.41, 5.74) is 4.34. The maximum Gasteiger partial charge on any atom is 0.300 e. The SMILES string of the molecule is Cc1ccc(N2C(=O)C(=O)/C(=C(\O)c3ccc(OCc4ccccc4)c(C)c3)C2c2ccccn2)cc1. The molecule has 0 saturated carbocycles. The fraction of sp³-hybridized carbons (Fsp3) is 0.129. The van der Waals surface area contributed by atoms with E-state index in [1.807, 2.05) is 56.3 Å². The quantitative estimate of drug-likeness (QED) is 0.207. The Labute approximate surface area is 215 Å². The molecule has 5 rings (SSSR count). The van der Waals surface area contributed by atoms with E-state index in [-0.39, 0.29) is 11.3 Å². The number of hydrogen-bond acceptors (Lipinski definition) is 5. The molecular weight excluding hydrogens is 464 g/mol. The van der Waals surface area contributed by atoms with Gasteiger partial charge in [0.25, 0.3) is 11.7 Å². The van der Waals surface area contributed by atoms with E-state index in [0.717, 1.165) is 16.7 Å². The van der Waals surface area contributed by atoms with Gasteiger partial charge in [0.15, 0.2) is 0 Å². The Morgan fingerprint density at radius 3 is 2.32 bits per heavy atom. The van der Waals surface area contributed by atoms with E-state index < -0.39 is 17.7 Å². The number of aryl methyl sites for hydroxylation is 2. The first-order valence-electron chi connectivity index (χ1n) is 12.0. The number of benzene rings is 3. The third kappa shape index (κ3) is 4.74. The summed E-state index contributed by atoms with van der Waals surface area (Å²) < 4.78 is 5.96. The van der Waals surface area contributed by atoms with Gasteiger partial charge < -0.3 is 9.84 Å². The summed E-state index contributed by atoms with van der Waals surface area (Å²) >= 11 is 0. The van der Waals surface area contributed by atoms with Crippen molar-refractivity contribution in [3.63, 3.8) is 0 Å². The first-order valence-corrected chi connectivity index (χ1v) is 12.0. The Balaban J connectivity index is 1.54. The van der Waals surface area contributed by atoms with E-state index in [0.29, 0.717) is 29.3 Å². The average Bonchev–Trinajstić information content (AvgIpc) is 3.19. The summed E-state index contributed by atoms with van der Waals surface area (Å²) in [4.78, 5) is 32.4. The molecule has 0 spiro atoms. The minimum atomic E-state index is -0.863. The molecule has 184 valence electrons. The van der Waals surface area contributed by atoms with E-state index in [1.54, 1.807) is 54.7 Å². The molecule has 4 aromatic rings. The number of carbonyl (C=O) groups excluding carboxylic acids is 2. The lowest BCUT2D eigenvalue weighted by Crippen LogP contribution is -2.29. The lowest BCUT2D eigenvalue weighted by Gasteiger charge is -2.24. The second-order valence-electron chi connectivity index (χ2n) is 9.01. The Morgan fingerprint density at radius 1 is 0.919 bits per heavy atom. The van der Waals surface area contributed by atoms with Gasteiger partial charge in [0, 0.05) is 17.4 Å². The van der Waals surface area contributed by atoms with Crippen LogP contribution >= 0.6 is 0 Å². The number of aliphatic hydroxyl groups is 1. The number of aromatic nitrogens is 1. The molecular formula is C31H26N2O4. The molecule has 1 aliphatic rings. The lowest BCUT2D eigenvalue weighted by atomic mass is 9.97. The maximum atomic E-state index is 13.3. The van der Waals surface area contributed by atoms with Gasteiger partial charge in [-0.2, -0.15) is 0 Å². The summed E-state index contributed by atoms with van der Waals surface area (Å²) in [7, 11) is 0. The fourth-order valence-corrected chi connectivity index (χ4v) is 4.47. The minimum Gasteiger partial charge on any atom is -0.507 e. The molecule has 1 saturated heterocycles. The summed E-state index contributed by atoms with van der Waals surface area (Å²) in [5, 5.41) is 11.4. The number of rotatable bonds is 6. The number of ketones is 1. The van der Waals surface area contributed by atoms with Gasteiger partial charge in [-0.05, 0) is 67.4 Å². The van der Waals surface area contributed by atoms with Crippen LogP contribution in [0.4, 0.5) is 5.69 Å². The van der Waals surface area contributed by atoms with Gasteiger partial charge in [-0.3, -0.25) is 19.5 Å². The van der Waals surface area contributed by atoms with Crippen LogP contribution in [0, 0.1) is 13.8 Å². The highest BCUT2D eigenvalue weighted by Crippen LogP contribution is 2.41. The topological polar surface area (TPSA) is 79.7 Å². The van der Waals surface area contributed by atoms with Gasteiger partial charge in [0.1, 0.15) is 24.2 Å². The maximum absolute atomic E-state index is 13.3. The van der Waals surface area contributed by atoms with Crippen LogP contribution in [-0.4, -0.2) is 21.8 Å². The molecule has 1 fully saturated rings. The number of anilines is 1. The molecule has 1 aliphatic heterocycles. The summed E-state index contributed by atoms with van der Waals surface area (Å²) in [6, 6.07) is 26.8. The van der Waals surface area contributed by atoms with Crippen molar-refractivity contribution in [2.75, 3.05) is 4.90 Å². The highest BCUT2D eigenvalue weighted by Gasteiger charge is 2.47. The lowest BCUT2D eigenvalue weighted by molar-refractivity contribution is -0.132. The predicted octanol–water partition coefficient (Wildman–Crippen LogP) is 5.90. The van der Waals surface area contributed by atoms with Crippen molar-refractivity contribution in [1.29, 1.82) is 0 Å². The monoisotopic (exact) mass is 490 g/mol. The number of nitrogens with zero attached hydrogens (tertiary/aromatic N) is 2. The Morgan fingerprint density at radius 2 is 1.65 bits per heavy atom. The van der Waals surface area contributed by atoms with Crippen molar-refractivity contribution in [1.82, 2.24) is 4.98 Å². The van der Waals surface area contributed by atoms with Crippen LogP contribution < -0.4 is 9.64 Å². The average molecular weight is 491 g/mol. The largest absolute Gasteiger partial charge is 0.507 e. The normalized spacial score (nSPS) is 16.7. The first-order chi connectivity index (χ1) is 17.9. The van der Waals surface area contributed by atoms with Crippen LogP contribution in [0.15, 0.2) is 103 Å². The summed E-state index contributed by atoms with van der Waals surface area (Å²) in [6.45, 7) is 4.23. The van der Waals surface area contributed by atoms with Crippen LogP contribution in [0.2, 0.25) is 0 Å². The molecule has 0 aliphatic carbocycles. The molecule has 0 bridgehead atoms. The Bertz CT molecular complexity index is 1480. The highest BCUT2D eigenvalue weighted by molar-refractivity contribution is 6.51. The predicted molar refractivity (Wildman–Crippen MR) is 142 cm³/mol. The molecule has 1 amide bonds. The van der Waals surface area contributed by atoms with Gasteiger partial charge in [-0.15, -0.1) is 0 Å². The zero-order valence-corrected chi connectivity index (χ0v) is 20.6. The standard InChI is InChI=1S/C31H26N2O4/c1-20-11-14-24(15-12-20)33-28(25-10-6-7-17-32-25)27(30(35)31(33)36)29(34)23-13-16-26(21(2)18-23)37-19-22-8-4-3-5-9-22/h3-18,28,34H,19H2,1-2H3/b29-27-. The molecule has 6 nitrogen and oxygen atoms in total. The van der Waals surface area contributed by atoms with Crippen molar-refractivity contribution in [2.24, 2.45) is 0 Å². The van der Waals surface area contributed by atoms with E-state index in [1.165, 1.54) is 4.90 Å². The van der Waals surface area contributed by atoms with Crippen LogP contribution in [-0.2, 0) is 16.2 Å². The van der Waals surface area contributed by atoms with Crippen molar-refractivity contribution in [2.45, 2.75) is 26.5 Å². The third-order valence-corrected chi connectivity index (χ3v) is 6.41. The second kappa shape index (κ2) is 10.1. The summed E-state index contributed by atoms with van der Waals surface area (Å²) in [6.07, 6.45) is 1.60. The number of aliphatic hydroxyl groups excluding tert-OH is 1. The highest BCUT2D eigenvalue weighted by atomic mass is 16.5. The number of amides is 1. The fourth-order valence-electron chi connectivity index (χ4n) is 4.47. The van der Waals surface area contributed by atoms with Crippen molar-refractivity contribution < 1.29 is 19.4 Å². The van der Waals surface area contributed by atoms with E-state index in [4.69, 9.17) is 4.74 Å². The molecule has 6 heteroatoms. The zero-order chi connectivity index (χ0) is 25.9. The smallest absolute Gasteiger partial charge is 0.300 e. The van der Waals surface area contributed by atoms with Gasteiger partial charge in [0.2, 0.25) is 0 Å². The number of Topliss-reactive ketones (excluding diaryl/α,β-unsaturated/α-hetero) is 1. The van der Waals surface area contributed by atoms with Gasteiger partial charge in [-0.25, -0.2) is 0 Å². The first kappa shape index (κ1) is 24.0. The third-order valence-electron chi connectivity index (χ3n) is 6.41. The number of hydrogen-bond donors (Lipinski definition) is 1. The second-order valence-corrected chi connectivity index (χ2v) is 9.01. The number of ether oxygens (including phenoxy) is 1. The molecule has 3 aromatic carbocycles. The van der Waals surface area contributed by atoms with Crippen LogP contribution in [0.5, 0.6) is 5.75 Å². The molecule has 0 radical (unpaired) electrons. The molecule has 2 heterocycles. The zero-order valence-electron chi connectivity index (χ0n) is 20.6. The Hall–Kier alpha value is -4.71. The Kier molecular flexibility index (Phi) is 6.56. The number of carbonyl (C=O) groups is 2. The van der Waals surface area contributed by atoms with Crippen LogP contribution in [0.3, 0.4) is 0 Å². The molecule has 37 heavy (non-hydrogen) atoms.